The van der Waals surface area contributed by atoms with Crippen molar-refractivity contribution in [2.24, 2.45) is 11.8 Å². The van der Waals surface area contributed by atoms with E-state index in [9.17, 15) is 57.1 Å². The fraction of sp³-hybridized carbons (Fsp3) is 0.706. The molecule has 1 saturated heterocycles. The van der Waals surface area contributed by atoms with Gasteiger partial charge in [-0.25, -0.2) is 9.36 Å². The number of esters is 1. The number of aromatic nitrogens is 2. The number of alkyl halides is 2. The zero-order valence-corrected chi connectivity index (χ0v) is 34.7. The van der Waals surface area contributed by atoms with E-state index in [0.29, 0.717) is 16.7 Å². The largest absolute Gasteiger partial charge is 0.481 e. The minimum absolute atomic E-state index is 0.0227. The maximum Gasteiger partial charge on any atom is 0.469 e. The van der Waals surface area contributed by atoms with E-state index >= 15 is 0 Å². The molecule has 0 aromatic carbocycles. The molecule has 20 nitrogen and oxygen atoms in total. The van der Waals surface area contributed by atoms with Crippen molar-refractivity contribution in [3.05, 3.63) is 22.7 Å². The van der Waals surface area contributed by atoms with Gasteiger partial charge in [0.05, 0.1) is 32.2 Å². The molecule has 332 valence electrons. The van der Waals surface area contributed by atoms with Crippen LogP contribution >= 0.6 is 31.3 Å². The third kappa shape index (κ3) is 16.6. The van der Waals surface area contributed by atoms with Crippen LogP contribution in [0.1, 0.15) is 65.0 Å². The molecular formula is C34H49F2N4O16PS2. The number of carboxylic acids is 1. The Kier molecular flexibility index (Phi) is 20.0. The normalized spacial score (nSPS) is 22.1. The van der Waals surface area contributed by atoms with Crippen LogP contribution in [0.2, 0.25) is 0 Å². The van der Waals surface area contributed by atoms with Gasteiger partial charge in [0.25, 0.3) is 5.91 Å². The summed E-state index contributed by atoms with van der Waals surface area (Å²) in [6.07, 6.45) is -3.94. The van der Waals surface area contributed by atoms with Crippen LogP contribution < -0.4 is 16.3 Å². The van der Waals surface area contributed by atoms with E-state index in [1.54, 1.807) is 11.8 Å². The molecule has 1 saturated carbocycles. The monoisotopic (exact) mass is 902 g/mol. The van der Waals surface area contributed by atoms with E-state index in [1.807, 2.05) is 6.92 Å². The fourth-order valence-electron chi connectivity index (χ4n) is 5.54. The van der Waals surface area contributed by atoms with E-state index < -0.39 is 80.7 Å². The Balaban J connectivity index is 1.34. The van der Waals surface area contributed by atoms with Crippen LogP contribution in [0, 0.1) is 11.8 Å². The summed E-state index contributed by atoms with van der Waals surface area (Å²) in [5.41, 5.74) is -1.35. The van der Waals surface area contributed by atoms with Crippen LogP contribution in [0.3, 0.4) is 0 Å². The van der Waals surface area contributed by atoms with Crippen molar-refractivity contribution in [1.82, 2.24) is 14.9 Å². The third-order valence-corrected chi connectivity index (χ3v) is 12.9. The van der Waals surface area contributed by atoms with Crippen molar-refractivity contribution in [2.75, 3.05) is 49.8 Å². The van der Waals surface area contributed by atoms with E-state index in [1.165, 1.54) is 18.7 Å². The number of phosphoric acid groups is 1. The number of amides is 2. The van der Waals surface area contributed by atoms with E-state index in [2.05, 4.69) is 20.1 Å². The van der Waals surface area contributed by atoms with Crippen molar-refractivity contribution in [3.8, 4) is 0 Å². The quantitative estimate of drug-likeness (QED) is 0.0412. The smallest absolute Gasteiger partial charge is 0.469 e. The fourth-order valence-corrected chi connectivity index (χ4v) is 9.27. The standard InChI is InChI=1S/C34H49F2N4O16PS2/c1-3-20(17-58-24-4-5-25(24)59-18-21(31(47)48)14-22(42)9-13-53-12-8-19(2)41)30(46)37-10-6-28(44)54-16-27(43)38-26-7-11-40(33(49)39-26)32-34(35,36)29(45)23(56-32)15-55-57(50,51)52/h7,11,20-21,23-25,29,32,45H,3-6,8-10,12-18H2,1-2H3,(H,37,46)(H,47,48)(H2,50,51,52)(H,38,39,43,49)/t20?,21?,23-,24?,25?,29-,32-/m1/s1. The highest BCUT2D eigenvalue weighted by Gasteiger charge is 2.60. The van der Waals surface area contributed by atoms with Crippen molar-refractivity contribution >= 4 is 72.5 Å². The van der Waals surface area contributed by atoms with Crippen LogP contribution in [0.5, 0.6) is 0 Å². The minimum atomic E-state index is -5.08. The zero-order chi connectivity index (χ0) is 43.9. The molecule has 6 N–H and O–H groups in total. The average Bonchev–Trinajstić information content (AvgIpc) is 3.36. The van der Waals surface area contributed by atoms with Gasteiger partial charge >= 0.3 is 31.4 Å². The number of aliphatic hydroxyl groups is 1. The molecule has 0 spiro atoms. The van der Waals surface area contributed by atoms with E-state index in [0.717, 1.165) is 25.1 Å². The zero-order valence-electron chi connectivity index (χ0n) is 32.2. The first kappa shape index (κ1) is 50.0. The first-order chi connectivity index (χ1) is 27.7. The number of hydrogen-bond acceptors (Lipinski definition) is 16. The molecule has 3 rings (SSSR count). The second-order valence-electron chi connectivity index (χ2n) is 13.7. The van der Waals surface area contributed by atoms with Gasteiger partial charge in [-0.15, -0.1) is 0 Å². The SMILES string of the molecule is CCC(CSC1CCC1SCC(CC(=O)CCOCCC(C)=O)C(=O)O)C(=O)NCCC(=O)OCC(=O)Nc1ccn([C@@H]2O[C@H](COP(=O)(O)O)[C@@H](O)C2(F)F)c(=O)n1. The number of phosphoric ester groups is 1. The molecule has 1 aromatic rings. The Morgan fingerprint density at radius 1 is 1.07 bits per heavy atom. The Morgan fingerprint density at radius 3 is 2.29 bits per heavy atom. The van der Waals surface area contributed by atoms with E-state index in [4.69, 9.17) is 24.0 Å². The number of halogens is 2. The van der Waals surface area contributed by atoms with Gasteiger partial charge in [0, 0.05) is 59.9 Å². The number of carbonyl (C=O) groups is 6. The summed E-state index contributed by atoms with van der Waals surface area (Å²) in [5, 5.41) is 24.7. The minimum Gasteiger partial charge on any atom is -0.481 e. The molecule has 4 unspecified atom stereocenters. The molecule has 0 bridgehead atoms. The number of ether oxygens (including phenoxy) is 3. The van der Waals surface area contributed by atoms with Crippen LogP contribution in [-0.4, -0.2) is 138 Å². The van der Waals surface area contributed by atoms with Gasteiger partial charge < -0.3 is 44.8 Å². The third-order valence-electron chi connectivity index (χ3n) is 9.11. The summed E-state index contributed by atoms with van der Waals surface area (Å²) in [6.45, 7) is 1.61. The van der Waals surface area contributed by atoms with E-state index in [-0.39, 0.29) is 85.1 Å². The van der Waals surface area contributed by atoms with Gasteiger partial charge in [0.2, 0.25) is 12.1 Å². The second kappa shape index (κ2) is 23.6. The molecule has 7 atom stereocenters. The van der Waals surface area contributed by atoms with Crippen LogP contribution in [-0.2, 0) is 52.1 Å². The number of aliphatic carboxylic acids is 1. The number of carboxylic acid groups (broad SMARTS) is 1. The summed E-state index contributed by atoms with van der Waals surface area (Å²) in [6, 6.07) is 0.939. The molecule has 59 heavy (non-hydrogen) atoms. The number of rotatable bonds is 27. The topological polar surface area (TPSA) is 296 Å². The average molecular weight is 903 g/mol. The number of ketones is 2. The molecule has 1 aromatic heterocycles. The summed E-state index contributed by atoms with van der Waals surface area (Å²) < 4.78 is 59.7. The number of carbonyl (C=O) groups excluding carboxylic acids is 5. The number of hydrogen-bond donors (Lipinski definition) is 6. The van der Waals surface area contributed by atoms with Crippen LogP contribution in [0.25, 0.3) is 0 Å². The number of nitrogens with one attached hydrogen (secondary N) is 2. The maximum atomic E-state index is 14.7. The maximum absolute atomic E-state index is 14.7. The second-order valence-corrected chi connectivity index (χ2v) is 17.5. The van der Waals surface area contributed by atoms with Crippen LogP contribution in [0.4, 0.5) is 14.6 Å². The molecule has 2 amide bonds. The lowest BCUT2D eigenvalue weighted by atomic mass is 9.99. The number of Topliss-reactive ketones (excluding diaryl/α,β-unsaturated/α-hetero) is 2. The highest BCUT2D eigenvalue weighted by molar-refractivity contribution is 8.04. The summed E-state index contributed by atoms with van der Waals surface area (Å²) >= 11 is 3.11. The first-order valence-corrected chi connectivity index (χ1v) is 22.1. The number of thioether (sulfide) groups is 2. The predicted octanol–water partition coefficient (Wildman–Crippen LogP) is 1.30. The number of anilines is 1. The Hall–Kier alpha value is -3.35. The summed E-state index contributed by atoms with van der Waals surface area (Å²) in [7, 11) is -5.08. The lowest BCUT2D eigenvalue weighted by Gasteiger charge is -2.36. The molecule has 0 radical (unpaired) electrons. The number of aliphatic hydroxyl groups excluding tert-OH is 1. The molecular weight excluding hydrogens is 853 g/mol. The first-order valence-electron chi connectivity index (χ1n) is 18.5. The van der Waals surface area contributed by atoms with Crippen molar-refractivity contribution in [1.29, 1.82) is 0 Å². The molecule has 2 heterocycles. The Labute approximate surface area is 345 Å². The molecule has 1 aliphatic carbocycles. The molecule has 2 fully saturated rings. The van der Waals surface area contributed by atoms with Crippen molar-refractivity contribution < 1.29 is 80.8 Å². The highest BCUT2D eigenvalue weighted by atomic mass is 32.2. The molecule has 2 aliphatic rings. The van der Waals surface area contributed by atoms with Gasteiger partial charge in [-0.05, 0) is 32.3 Å². The Bertz CT molecular complexity index is 1750. The molecule has 1 aliphatic heterocycles. The summed E-state index contributed by atoms with van der Waals surface area (Å²) in [5.74, 6) is -8.33. The van der Waals surface area contributed by atoms with Crippen LogP contribution in [0.15, 0.2) is 17.1 Å². The van der Waals surface area contributed by atoms with Crippen molar-refractivity contribution in [2.45, 2.75) is 93.7 Å². The lowest BCUT2D eigenvalue weighted by molar-refractivity contribution is -0.147. The van der Waals surface area contributed by atoms with Gasteiger partial charge in [-0.3, -0.25) is 37.9 Å². The highest BCUT2D eigenvalue weighted by Crippen LogP contribution is 2.45. The Morgan fingerprint density at radius 2 is 1.71 bits per heavy atom. The van der Waals surface area contributed by atoms with Gasteiger partial charge in [0.15, 0.2) is 12.7 Å². The van der Waals surface area contributed by atoms with Gasteiger partial charge in [-0.2, -0.15) is 37.3 Å². The van der Waals surface area contributed by atoms with Gasteiger partial charge in [0.1, 0.15) is 23.5 Å². The summed E-state index contributed by atoms with van der Waals surface area (Å²) in [4.78, 5) is 106. The molecule has 25 heteroatoms. The predicted molar refractivity (Wildman–Crippen MR) is 206 cm³/mol. The number of nitrogens with zero attached hydrogens (tertiary/aromatic N) is 2. The lowest BCUT2D eigenvalue weighted by Crippen LogP contribution is -2.42. The van der Waals surface area contributed by atoms with Crippen molar-refractivity contribution in [3.63, 3.8) is 0 Å². The van der Waals surface area contributed by atoms with Gasteiger partial charge in [-0.1, -0.05) is 6.92 Å².